The molecule has 1 aliphatic carbocycles. The summed E-state index contributed by atoms with van der Waals surface area (Å²) in [5.41, 5.74) is 10.4. The van der Waals surface area contributed by atoms with E-state index in [-0.39, 0.29) is 12.1 Å². The van der Waals surface area contributed by atoms with Gasteiger partial charge in [-0.25, -0.2) is 13.8 Å². The van der Waals surface area contributed by atoms with E-state index in [9.17, 15) is 8.78 Å². The predicted octanol–water partition coefficient (Wildman–Crippen LogP) is 0.897. The van der Waals surface area contributed by atoms with Crippen molar-refractivity contribution in [3.8, 4) is 0 Å². The lowest BCUT2D eigenvalue weighted by molar-refractivity contribution is -0.144. The minimum Gasteiger partial charge on any atom is -0.375 e. The molecule has 3 heterocycles. The highest BCUT2D eigenvalue weighted by molar-refractivity contribution is 5.00. The van der Waals surface area contributed by atoms with Crippen LogP contribution < -0.4 is 16.3 Å². The Labute approximate surface area is 147 Å². The number of nitrogens with zero attached hydrogens (tertiary/aromatic N) is 1. The Kier molecular flexibility index (Phi) is 5.28. The monoisotopic (exact) mass is 360 g/mol. The van der Waals surface area contributed by atoms with Crippen LogP contribution in [0.1, 0.15) is 32.6 Å². The number of hydrogen-bond donors (Lipinski definition) is 3. The fourth-order valence-corrected chi connectivity index (χ4v) is 4.78. The van der Waals surface area contributed by atoms with Crippen LogP contribution in [-0.2, 0) is 9.47 Å². The van der Waals surface area contributed by atoms with Gasteiger partial charge in [-0.1, -0.05) is 0 Å². The van der Waals surface area contributed by atoms with Crippen LogP contribution in [0.3, 0.4) is 0 Å². The second-order valence-electron chi connectivity index (χ2n) is 8.15. The molecule has 144 valence electrons. The van der Waals surface area contributed by atoms with Gasteiger partial charge < -0.3 is 9.47 Å². The van der Waals surface area contributed by atoms with Crippen LogP contribution in [0, 0.1) is 11.8 Å². The van der Waals surface area contributed by atoms with E-state index >= 15 is 0 Å². The average Bonchev–Trinajstić information content (AvgIpc) is 3.22. The van der Waals surface area contributed by atoms with Crippen molar-refractivity contribution in [2.24, 2.45) is 11.8 Å². The highest BCUT2D eigenvalue weighted by Gasteiger charge is 2.46. The third-order valence-corrected chi connectivity index (χ3v) is 6.30. The highest BCUT2D eigenvalue weighted by atomic mass is 19.3. The van der Waals surface area contributed by atoms with Crippen molar-refractivity contribution in [1.29, 1.82) is 0 Å². The lowest BCUT2D eigenvalue weighted by atomic mass is 9.76. The topological polar surface area (TPSA) is 57.8 Å². The Morgan fingerprint density at radius 3 is 2.88 bits per heavy atom. The first-order chi connectivity index (χ1) is 12.0. The molecule has 4 fully saturated rings. The molecule has 8 heteroatoms. The molecule has 4 bridgehead atoms. The van der Waals surface area contributed by atoms with E-state index in [1.54, 1.807) is 0 Å². The molecule has 4 rings (SSSR count). The van der Waals surface area contributed by atoms with Crippen LogP contribution in [-0.4, -0.2) is 68.1 Å². The Morgan fingerprint density at radius 1 is 1.12 bits per heavy atom. The molecule has 1 saturated carbocycles. The van der Waals surface area contributed by atoms with Gasteiger partial charge in [0.25, 0.3) is 5.92 Å². The molecule has 3 aliphatic heterocycles. The smallest absolute Gasteiger partial charge is 0.293 e. The van der Waals surface area contributed by atoms with Gasteiger partial charge in [0.1, 0.15) is 13.2 Å². The number of fused-ring (bicyclic) bond motifs is 4. The number of hydrazine groups is 2. The average molecular weight is 360 g/mol. The first-order valence-corrected chi connectivity index (χ1v) is 9.60. The molecule has 7 atom stereocenters. The number of halogens is 2. The minimum atomic E-state index is -2.91. The summed E-state index contributed by atoms with van der Waals surface area (Å²) >= 11 is 0. The summed E-state index contributed by atoms with van der Waals surface area (Å²) in [4.78, 5) is 0. The van der Waals surface area contributed by atoms with Gasteiger partial charge in [-0.15, -0.1) is 0 Å². The molecule has 6 nitrogen and oxygen atoms in total. The Morgan fingerprint density at radius 2 is 2.00 bits per heavy atom. The number of hydrogen-bond acceptors (Lipinski definition) is 6. The Hall–Kier alpha value is -0.380. The zero-order chi connectivity index (χ0) is 17.4. The minimum absolute atomic E-state index is 0.0779. The molecule has 3 saturated heterocycles. The van der Waals surface area contributed by atoms with E-state index in [4.69, 9.17) is 9.47 Å². The second-order valence-corrected chi connectivity index (χ2v) is 8.15. The second kappa shape index (κ2) is 7.32. The Balaban J connectivity index is 1.48. The maximum Gasteiger partial charge on any atom is 0.293 e. The van der Waals surface area contributed by atoms with Gasteiger partial charge in [0.05, 0.1) is 6.10 Å². The number of rotatable bonds is 0. The zero-order valence-corrected chi connectivity index (χ0v) is 14.8. The molecule has 25 heavy (non-hydrogen) atoms. The van der Waals surface area contributed by atoms with Crippen molar-refractivity contribution in [3.05, 3.63) is 0 Å². The SMILES string of the molecule is C[C@@H]1CCOCC(F)(F)COC2CCC3NNC(C4CNN1C4)C3C2. The molecule has 0 spiro atoms. The normalized spacial score (nSPS) is 47.9. The van der Waals surface area contributed by atoms with Crippen molar-refractivity contribution in [2.75, 3.05) is 32.9 Å². The van der Waals surface area contributed by atoms with E-state index < -0.39 is 19.1 Å². The van der Waals surface area contributed by atoms with Crippen LogP contribution in [0.5, 0.6) is 0 Å². The maximum atomic E-state index is 14.0. The molecule has 0 radical (unpaired) electrons. The Bertz CT molecular complexity index is 470. The molecule has 0 aromatic heterocycles. The molecule has 0 aromatic carbocycles. The molecule has 4 aliphatic rings. The van der Waals surface area contributed by atoms with Gasteiger partial charge >= 0.3 is 0 Å². The fourth-order valence-electron chi connectivity index (χ4n) is 4.78. The molecular weight excluding hydrogens is 330 g/mol. The molecular formula is C17H30F2N4O2. The summed E-state index contributed by atoms with van der Waals surface area (Å²) in [5, 5.41) is 2.25. The van der Waals surface area contributed by atoms with Crippen LogP contribution >= 0.6 is 0 Å². The van der Waals surface area contributed by atoms with Gasteiger partial charge in [0.2, 0.25) is 0 Å². The third-order valence-electron chi connectivity index (χ3n) is 6.30. The quantitative estimate of drug-likeness (QED) is 0.597. The fraction of sp³-hybridized carbons (Fsp3) is 1.00. The van der Waals surface area contributed by atoms with Crippen LogP contribution in [0.2, 0.25) is 0 Å². The first-order valence-electron chi connectivity index (χ1n) is 9.60. The first kappa shape index (κ1) is 18.0. The van der Waals surface area contributed by atoms with E-state index in [0.29, 0.717) is 30.5 Å². The lowest BCUT2D eigenvalue weighted by Crippen LogP contribution is -2.43. The largest absolute Gasteiger partial charge is 0.375 e. The molecule has 0 aromatic rings. The summed E-state index contributed by atoms with van der Waals surface area (Å²) in [6.45, 7) is 3.31. The van der Waals surface area contributed by atoms with E-state index in [2.05, 4.69) is 28.2 Å². The standard InChI is InChI=1S/C17H30F2N4O2/c1-11-4-5-24-9-17(18,19)10-25-13-2-3-15-14(6-13)16(22-21-15)12-7-20-23(11)8-12/h11-16,20-22H,2-10H2,1H3/t11-,12?,13?,14?,15?,16?/m1/s1. The third kappa shape index (κ3) is 3.99. The summed E-state index contributed by atoms with van der Waals surface area (Å²) < 4.78 is 38.9. The summed E-state index contributed by atoms with van der Waals surface area (Å²) in [6.07, 6.45) is 3.32. The summed E-state index contributed by atoms with van der Waals surface area (Å²) in [5.74, 6) is -1.96. The van der Waals surface area contributed by atoms with Crippen LogP contribution in [0.4, 0.5) is 8.78 Å². The van der Waals surface area contributed by atoms with Crippen LogP contribution in [0.25, 0.3) is 0 Å². The maximum absolute atomic E-state index is 14.0. The number of nitrogens with one attached hydrogen (secondary N) is 3. The van der Waals surface area contributed by atoms with Gasteiger partial charge in [-0.3, -0.25) is 16.3 Å². The molecule has 6 unspecified atom stereocenters. The van der Waals surface area contributed by atoms with Gasteiger partial charge in [-0.05, 0) is 38.5 Å². The number of alkyl halides is 2. The highest BCUT2D eigenvalue weighted by Crippen LogP contribution is 2.36. The van der Waals surface area contributed by atoms with Gasteiger partial charge in [0.15, 0.2) is 0 Å². The molecule has 0 amide bonds. The zero-order valence-electron chi connectivity index (χ0n) is 14.8. The predicted molar refractivity (Wildman–Crippen MR) is 89.0 cm³/mol. The van der Waals surface area contributed by atoms with E-state index in [0.717, 1.165) is 38.8 Å². The van der Waals surface area contributed by atoms with Crippen LogP contribution in [0.15, 0.2) is 0 Å². The van der Waals surface area contributed by atoms with Gasteiger partial charge in [-0.2, -0.15) is 0 Å². The summed E-state index contributed by atoms with van der Waals surface area (Å²) in [7, 11) is 0. The van der Waals surface area contributed by atoms with E-state index in [1.807, 2.05) is 0 Å². The van der Waals surface area contributed by atoms with Crippen molar-refractivity contribution in [3.63, 3.8) is 0 Å². The summed E-state index contributed by atoms with van der Waals surface area (Å²) in [6, 6.07) is 1.06. The number of ether oxygens (including phenoxy) is 2. The van der Waals surface area contributed by atoms with Gasteiger partial charge in [0, 0.05) is 43.7 Å². The van der Waals surface area contributed by atoms with Crippen molar-refractivity contribution in [1.82, 2.24) is 21.3 Å². The van der Waals surface area contributed by atoms with E-state index in [1.165, 1.54) is 0 Å². The lowest BCUT2D eigenvalue weighted by Gasteiger charge is -2.35. The van der Waals surface area contributed by atoms with Crippen molar-refractivity contribution < 1.29 is 18.3 Å². The van der Waals surface area contributed by atoms with Crippen molar-refractivity contribution in [2.45, 2.75) is 62.8 Å². The molecule has 3 N–H and O–H groups in total. The van der Waals surface area contributed by atoms with Crippen molar-refractivity contribution >= 4 is 0 Å².